The molecular formula is C27H37BrN2O2. The summed E-state index contributed by atoms with van der Waals surface area (Å²) >= 11 is 3.51. The van der Waals surface area contributed by atoms with Gasteiger partial charge in [-0.15, -0.1) is 0 Å². The normalized spacial score (nSPS) is 42.0. The molecule has 4 aliphatic carbocycles. The first-order valence-corrected chi connectivity index (χ1v) is 13.3. The number of fused-ring (bicyclic) bond motifs is 5. The third-order valence-electron chi connectivity index (χ3n) is 9.86. The molecule has 0 amide bonds. The molecular weight excluding hydrogens is 464 g/mol. The van der Waals surface area contributed by atoms with Crippen LogP contribution >= 0.6 is 15.9 Å². The molecule has 4 nitrogen and oxygen atoms in total. The van der Waals surface area contributed by atoms with E-state index >= 15 is 0 Å². The summed E-state index contributed by atoms with van der Waals surface area (Å²) in [6.07, 6.45) is 11.1. The molecule has 4 aliphatic rings. The minimum absolute atomic E-state index is 0.116. The highest BCUT2D eigenvalue weighted by Gasteiger charge is 2.59. The second-order valence-corrected chi connectivity index (χ2v) is 12.3. The fraction of sp³-hybridized carbons (Fsp3) is 0.704. The van der Waals surface area contributed by atoms with Crippen LogP contribution in [0.2, 0.25) is 0 Å². The minimum Gasteiger partial charge on any atom is -0.463 e. The van der Waals surface area contributed by atoms with Crippen molar-refractivity contribution in [3.63, 3.8) is 0 Å². The minimum atomic E-state index is -0.116. The van der Waals surface area contributed by atoms with Gasteiger partial charge < -0.3 is 4.74 Å². The zero-order valence-corrected chi connectivity index (χ0v) is 21.3. The molecule has 0 saturated heterocycles. The summed E-state index contributed by atoms with van der Waals surface area (Å²) in [5.74, 6) is 2.99. The van der Waals surface area contributed by atoms with Crippen molar-refractivity contribution in [2.24, 2.45) is 39.6 Å². The third kappa shape index (κ3) is 3.82. The maximum Gasteiger partial charge on any atom is 0.302 e. The molecule has 7 atom stereocenters. The maximum atomic E-state index is 11.5. The Morgan fingerprint density at radius 3 is 2.59 bits per heavy atom. The summed E-state index contributed by atoms with van der Waals surface area (Å²) in [5, 5.41) is 4.96. The van der Waals surface area contributed by atoms with Crippen molar-refractivity contribution >= 4 is 33.3 Å². The Morgan fingerprint density at radius 1 is 1.06 bits per heavy atom. The highest BCUT2D eigenvalue weighted by molar-refractivity contribution is 9.10. The first kappa shape index (κ1) is 22.4. The van der Waals surface area contributed by atoms with Crippen molar-refractivity contribution in [2.45, 2.75) is 84.7 Å². The molecule has 7 unspecified atom stereocenters. The van der Waals surface area contributed by atoms with Crippen molar-refractivity contribution in [1.82, 2.24) is 0 Å². The van der Waals surface area contributed by atoms with E-state index in [2.05, 4.69) is 59.5 Å². The predicted molar refractivity (Wildman–Crippen MR) is 132 cm³/mol. The number of nitrogens with zero attached hydrogens (tertiary/aromatic N) is 1. The fourth-order valence-corrected chi connectivity index (χ4v) is 8.45. The van der Waals surface area contributed by atoms with E-state index in [1.165, 1.54) is 44.2 Å². The van der Waals surface area contributed by atoms with Crippen molar-refractivity contribution in [3.05, 3.63) is 28.7 Å². The summed E-state index contributed by atoms with van der Waals surface area (Å²) < 4.78 is 6.72. The molecule has 4 fully saturated rings. The second kappa shape index (κ2) is 8.45. The summed E-state index contributed by atoms with van der Waals surface area (Å²) in [6, 6.07) is 8.27. The lowest BCUT2D eigenvalue weighted by atomic mass is 9.45. The lowest BCUT2D eigenvalue weighted by Crippen LogP contribution is -2.54. The summed E-state index contributed by atoms with van der Waals surface area (Å²) in [4.78, 5) is 11.5. The van der Waals surface area contributed by atoms with Crippen LogP contribution < -0.4 is 5.43 Å². The van der Waals surface area contributed by atoms with Gasteiger partial charge in [0.2, 0.25) is 0 Å². The smallest absolute Gasteiger partial charge is 0.302 e. The van der Waals surface area contributed by atoms with Gasteiger partial charge in [-0.3, -0.25) is 10.2 Å². The molecule has 1 N–H and O–H groups in total. The Hall–Kier alpha value is -1.36. The quantitative estimate of drug-likeness (QED) is 0.352. The molecule has 0 radical (unpaired) electrons. The number of halogens is 1. The van der Waals surface area contributed by atoms with E-state index in [0.717, 1.165) is 47.2 Å². The monoisotopic (exact) mass is 500 g/mol. The van der Waals surface area contributed by atoms with Crippen LogP contribution in [-0.4, -0.2) is 17.8 Å². The standard InChI is InChI=1S/C27H37BrN2O2/c1-17(31)32-21-12-14-26(2)18(16-21)4-9-22-23-10-11-25(27(23,3)15-13-24(22)26)30-29-20-7-5-19(28)6-8-20/h5-8,18,21-24,29H,4,9-16H2,1-3H3/b30-25+. The Morgan fingerprint density at radius 2 is 1.84 bits per heavy atom. The number of rotatable bonds is 3. The predicted octanol–water partition coefficient (Wildman–Crippen LogP) is 7.19. The van der Waals surface area contributed by atoms with Crippen LogP contribution in [0.25, 0.3) is 0 Å². The molecule has 174 valence electrons. The second-order valence-electron chi connectivity index (χ2n) is 11.3. The number of esters is 1. The topological polar surface area (TPSA) is 50.7 Å². The highest BCUT2D eigenvalue weighted by Crippen LogP contribution is 2.65. The van der Waals surface area contributed by atoms with Gasteiger partial charge in [0.05, 0.1) is 5.69 Å². The molecule has 0 aliphatic heterocycles. The van der Waals surface area contributed by atoms with Gasteiger partial charge in [-0.1, -0.05) is 29.8 Å². The molecule has 1 aromatic carbocycles. The largest absolute Gasteiger partial charge is 0.463 e. The molecule has 5 heteroatoms. The molecule has 0 heterocycles. The third-order valence-corrected chi connectivity index (χ3v) is 10.4. The number of ether oxygens (including phenoxy) is 1. The molecule has 0 bridgehead atoms. The zero-order chi connectivity index (χ0) is 22.5. The maximum absolute atomic E-state index is 11.5. The highest BCUT2D eigenvalue weighted by atomic mass is 79.9. The SMILES string of the molecule is CC(=O)OC1CCC2(C)C(CCC3C4CC/C(=N\Nc5ccc(Br)cc5)C4(C)CCC32)C1. The Kier molecular flexibility index (Phi) is 5.92. The van der Waals surface area contributed by atoms with Crippen LogP contribution in [0.5, 0.6) is 0 Å². The van der Waals surface area contributed by atoms with Crippen LogP contribution in [-0.2, 0) is 9.53 Å². The van der Waals surface area contributed by atoms with Gasteiger partial charge in [-0.05, 0) is 111 Å². The first-order chi connectivity index (χ1) is 15.3. The van der Waals surface area contributed by atoms with Crippen molar-refractivity contribution in [3.8, 4) is 0 Å². The van der Waals surface area contributed by atoms with Gasteiger partial charge in [0.1, 0.15) is 6.10 Å². The number of hydrazone groups is 1. The fourth-order valence-electron chi connectivity index (χ4n) is 8.19. The number of anilines is 1. The van der Waals surface area contributed by atoms with E-state index in [4.69, 9.17) is 9.84 Å². The van der Waals surface area contributed by atoms with E-state index < -0.39 is 0 Å². The van der Waals surface area contributed by atoms with Crippen LogP contribution in [0.15, 0.2) is 33.8 Å². The average molecular weight is 502 g/mol. The van der Waals surface area contributed by atoms with Crippen LogP contribution in [0.1, 0.15) is 78.6 Å². The lowest BCUT2D eigenvalue weighted by Gasteiger charge is -2.60. The molecule has 1 aromatic rings. The van der Waals surface area contributed by atoms with Gasteiger partial charge in [-0.2, -0.15) is 5.10 Å². The van der Waals surface area contributed by atoms with Gasteiger partial charge in [0, 0.05) is 22.5 Å². The Labute approximate surface area is 201 Å². The number of hydrogen-bond acceptors (Lipinski definition) is 4. The number of nitrogens with one attached hydrogen (secondary N) is 1. The average Bonchev–Trinajstić information content (AvgIpc) is 3.09. The van der Waals surface area contributed by atoms with E-state index in [1.54, 1.807) is 6.92 Å². The van der Waals surface area contributed by atoms with Crippen LogP contribution in [0, 0.1) is 34.5 Å². The van der Waals surface area contributed by atoms with E-state index in [9.17, 15) is 4.79 Å². The summed E-state index contributed by atoms with van der Waals surface area (Å²) in [7, 11) is 0. The van der Waals surface area contributed by atoms with Gasteiger partial charge in [0.15, 0.2) is 0 Å². The Balaban J connectivity index is 1.31. The van der Waals surface area contributed by atoms with Crippen molar-refractivity contribution in [1.29, 1.82) is 0 Å². The molecule has 4 saturated carbocycles. The van der Waals surface area contributed by atoms with Crippen molar-refractivity contribution in [2.75, 3.05) is 5.43 Å². The molecule has 5 rings (SSSR count). The molecule has 32 heavy (non-hydrogen) atoms. The molecule has 0 aromatic heterocycles. The van der Waals surface area contributed by atoms with Gasteiger partial charge in [-0.25, -0.2) is 0 Å². The first-order valence-electron chi connectivity index (χ1n) is 12.6. The van der Waals surface area contributed by atoms with Gasteiger partial charge in [0.25, 0.3) is 0 Å². The summed E-state index contributed by atoms with van der Waals surface area (Å²) in [5.41, 5.74) is 6.43. The van der Waals surface area contributed by atoms with Gasteiger partial charge >= 0.3 is 5.97 Å². The zero-order valence-electron chi connectivity index (χ0n) is 19.7. The Bertz CT molecular complexity index is 899. The number of carbonyl (C=O) groups excluding carboxylic acids is 1. The number of carbonyl (C=O) groups is 1. The van der Waals surface area contributed by atoms with E-state index in [-0.39, 0.29) is 17.5 Å². The number of benzene rings is 1. The summed E-state index contributed by atoms with van der Waals surface area (Å²) in [6.45, 7) is 6.62. The van der Waals surface area contributed by atoms with Crippen LogP contribution in [0.3, 0.4) is 0 Å². The van der Waals surface area contributed by atoms with E-state index in [1.807, 2.05) is 0 Å². The van der Waals surface area contributed by atoms with Crippen LogP contribution in [0.4, 0.5) is 5.69 Å². The molecule has 0 spiro atoms. The lowest BCUT2D eigenvalue weighted by molar-refractivity contribution is -0.158. The van der Waals surface area contributed by atoms with Crippen molar-refractivity contribution < 1.29 is 9.53 Å². The number of hydrogen-bond donors (Lipinski definition) is 1. The van der Waals surface area contributed by atoms with E-state index in [0.29, 0.717) is 11.3 Å².